The molecule has 0 aromatic carbocycles. The third-order valence-corrected chi connectivity index (χ3v) is 3.16. The van der Waals surface area contributed by atoms with Crippen molar-refractivity contribution in [3.63, 3.8) is 0 Å². The van der Waals surface area contributed by atoms with Crippen molar-refractivity contribution in [2.24, 2.45) is 0 Å². The second-order valence-corrected chi connectivity index (χ2v) is 3.76. The molecule has 4 heteroatoms. The van der Waals surface area contributed by atoms with E-state index in [1.54, 1.807) is 11.3 Å². The third kappa shape index (κ3) is 0.845. The highest BCUT2D eigenvalue weighted by molar-refractivity contribution is 7.21. The van der Waals surface area contributed by atoms with Gasteiger partial charge in [0.05, 0.1) is 5.69 Å². The van der Waals surface area contributed by atoms with Gasteiger partial charge in [0.25, 0.3) is 0 Å². The van der Waals surface area contributed by atoms with Crippen molar-refractivity contribution in [1.82, 2.24) is 9.38 Å². The Balaban J connectivity index is 2.80. The van der Waals surface area contributed by atoms with E-state index in [-0.39, 0.29) is 0 Å². The lowest BCUT2D eigenvalue weighted by Crippen LogP contribution is -1.91. The van der Waals surface area contributed by atoms with E-state index in [4.69, 9.17) is 0 Å². The van der Waals surface area contributed by atoms with Crippen LogP contribution in [0.15, 0.2) is 6.20 Å². The summed E-state index contributed by atoms with van der Waals surface area (Å²) >= 11 is 1.69. The predicted molar refractivity (Wildman–Crippen MR) is 52.1 cm³/mol. The van der Waals surface area contributed by atoms with Crippen molar-refractivity contribution in [2.45, 2.75) is 13.8 Å². The van der Waals surface area contributed by atoms with E-state index < -0.39 is 0 Å². The van der Waals surface area contributed by atoms with Gasteiger partial charge in [-0.15, -0.1) is 0 Å². The van der Waals surface area contributed by atoms with Crippen LogP contribution in [-0.2, 0) is 0 Å². The summed E-state index contributed by atoms with van der Waals surface area (Å²) in [5.74, 6) is 0. The minimum atomic E-state index is 1.06. The lowest BCUT2D eigenvalue weighted by Gasteiger charge is -1.96. The van der Waals surface area contributed by atoms with E-state index in [0.29, 0.717) is 0 Å². The number of nitrogens with zero attached hydrogens (tertiary/aromatic N) is 2. The molecule has 2 rings (SSSR count). The van der Waals surface area contributed by atoms with Crippen molar-refractivity contribution >= 4 is 21.3 Å². The molecule has 0 atom stereocenters. The largest absolute Gasteiger partial charge is 0.378 e. The SMILES string of the molecule is CNc1sc2ncc(C)n2c1C. The van der Waals surface area contributed by atoms with Crippen LogP contribution in [0.5, 0.6) is 0 Å². The average Bonchev–Trinajstić information content (AvgIpc) is 2.55. The average molecular weight is 181 g/mol. The summed E-state index contributed by atoms with van der Waals surface area (Å²) in [7, 11) is 1.94. The molecule has 3 nitrogen and oxygen atoms in total. The second kappa shape index (κ2) is 2.48. The first-order chi connectivity index (χ1) is 5.74. The Morgan fingerprint density at radius 2 is 2.25 bits per heavy atom. The fraction of sp³-hybridized carbons (Fsp3) is 0.375. The molecule has 0 radical (unpaired) electrons. The normalized spacial score (nSPS) is 10.9. The lowest BCUT2D eigenvalue weighted by molar-refractivity contribution is 1.07. The Labute approximate surface area is 75.1 Å². The van der Waals surface area contributed by atoms with Gasteiger partial charge in [0.1, 0.15) is 5.00 Å². The number of hydrogen-bond donors (Lipinski definition) is 1. The zero-order valence-corrected chi connectivity index (χ0v) is 8.20. The Bertz CT molecular complexity index is 413. The fourth-order valence-electron chi connectivity index (χ4n) is 1.39. The molecule has 0 aliphatic heterocycles. The molecule has 0 bridgehead atoms. The maximum Gasteiger partial charge on any atom is 0.196 e. The van der Waals surface area contributed by atoms with Gasteiger partial charge >= 0.3 is 0 Å². The molecule has 0 saturated heterocycles. The number of hydrogen-bond acceptors (Lipinski definition) is 3. The summed E-state index contributed by atoms with van der Waals surface area (Å²) in [6, 6.07) is 0. The summed E-state index contributed by atoms with van der Waals surface area (Å²) in [6.45, 7) is 4.17. The first kappa shape index (κ1) is 7.61. The zero-order chi connectivity index (χ0) is 8.72. The quantitative estimate of drug-likeness (QED) is 0.729. The van der Waals surface area contributed by atoms with Crippen LogP contribution in [0.2, 0.25) is 0 Å². The van der Waals surface area contributed by atoms with Crippen LogP contribution in [-0.4, -0.2) is 16.4 Å². The third-order valence-electron chi connectivity index (χ3n) is 1.99. The van der Waals surface area contributed by atoms with E-state index in [1.807, 2.05) is 13.2 Å². The number of fused-ring (bicyclic) bond motifs is 1. The Hall–Kier alpha value is -1.03. The number of rotatable bonds is 1. The van der Waals surface area contributed by atoms with Crippen LogP contribution in [0.3, 0.4) is 0 Å². The van der Waals surface area contributed by atoms with E-state index in [1.165, 1.54) is 16.4 Å². The highest BCUT2D eigenvalue weighted by atomic mass is 32.1. The summed E-state index contributed by atoms with van der Waals surface area (Å²) in [6.07, 6.45) is 1.90. The fourth-order valence-corrected chi connectivity index (χ4v) is 2.39. The zero-order valence-electron chi connectivity index (χ0n) is 7.38. The molecule has 2 heterocycles. The van der Waals surface area contributed by atoms with Gasteiger partial charge in [0.2, 0.25) is 0 Å². The second-order valence-electron chi connectivity index (χ2n) is 2.78. The lowest BCUT2D eigenvalue weighted by atomic mass is 10.4. The monoisotopic (exact) mass is 181 g/mol. The molecular weight excluding hydrogens is 170 g/mol. The molecule has 64 valence electrons. The van der Waals surface area contributed by atoms with Crippen molar-refractivity contribution in [1.29, 1.82) is 0 Å². The summed E-state index contributed by atoms with van der Waals surface area (Å²) in [5.41, 5.74) is 2.44. The topological polar surface area (TPSA) is 29.3 Å². The highest BCUT2D eigenvalue weighted by Gasteiger charge is 2.08. The molecule has 0 aliphatic carbocycles. The van der Waals surface area contributed by atoms with Crippen molar-refractivity contribution in [2.75, 3.05) is 12.4 Å². The van der Waals surface area contributed by atoms with Gasteiger partial charge in [-0.05, 0) is 13.8 Å². The number of nitrogens with one attached hydrogen (secondary N) is 1. The molecule has 2 aromatic heterocycles. The van der Waals surface area contributed by atoms with Crippen molar-refractivity contribution < 1.29 is 0 Å². The van der Waals surface area contributed by atoms with Crippen LogP contribution in [0.4, 0.5) is 5.00 Å². The molecule has 12 heavy (non-hydrogen) atoms. The molecule has 2 aromatic rings. The molecule has 0 spiro atoms. The van der Waals surface area contributed by atoms with Gasteiger partial charge in [0.15, 0.2) is 4.96 Å². The van der Waals surface area contributed by atoms with Crippen molar-refractivity contribution in [3.8, 4) is 0 Å². The first-order valence-corrected chi connectivity index (χ1v) is 4.67. The smallest absolute Gasteiger partial charge is 0.196 e. The minimum absolute atomic E-state index is 1.06. The van der Waals surface area contributed by atoms with Gasteiger partial charge < -0.3 is 5.32 Å². The molecule has 0 amide bonds. The Morgan fingerprint density at radius 3 is 2.83 bits per heavy atom. The molecule has 0 aliphatic rings. The van der Waals surface area contributed by atoms with Crippen molar-refractivity contribution in [3.05, 3.63) is 17.6 Å². The van der Waals surface area contributed by atoms with E-state index in [9.17, 15) is 0 Å². The van der Waals surface area contributed by atoms with E-state index >= 15 is 0 Å². The molecule has 1 N–H and O–H groups in total. The number of aryl methyl sites for hydroxylation is 2. The molecule has 0 fully saturated rings. The van der Waals surface area contributed by atoms with Gasteiger partial charge in [-0.3, -0.25) is 4.40 Å². The number of aromatic nitrogens is 2. The maximum absolute atomic E-state index is 4.29. The Kier molecular flexibility index (Phi) is 1.58. The maximum atomic E-state index is 4.29. The van der Waals surface area contributed by atoms with Gasteiger partial charge in [0, 0.05) is 18.9 Å². The van der Waals surface area contributed by atoms with E-state index in [0.717, 1.165) is 4.96 Å². The van der Waals surface area contributed by atoms with E-state index in [2.05, 4.69) is 28.5 Å². The molecule has 0 saturated carbocycles. The van der Waals surface area contributed by atoms with Gasteiger partial charge in [-0.2, -0.15) is 0 Å². The number of thiazole rings is 1. The van der Waals surface area contributed by atoms with Crippen LogP contribution >= 0.6 is 11.3 Å². The highest BCUT2D eigenvalue weighted by Crippen LogP contribution is 2.27. The van der Waals surface area contributed by atoms with Crippen LogP contribution in [0.25, 0.3) is 4.96 Å². The summed E-state index contributed by atoms with van der Waals surface area (Å²) in [4.78, 5) is 5.35. The standard InChI is InChI=1S/C8H11N3S/c1-5-4-10-8-11(5)6(2)7(9-3)12-8/h4,9H,1-3H3. The molecule has 0 unspecified atom stereocenters. The predicted octanol–water partition coefficient (Wildman–Crippen LogP) is 2.05. The van der Waals surface area contributed by atoms with Crippen LogP contribution in [0, 0.1) is 13.8 Å². The first-order valence-electron chi connectivity index (χ1n) is 3.85. The van der Waals surface area contributed by atoms with Gasteiger partial charge in [-0.1, -0.05) is 11.3 Å². The molecular formula is C8H11N3S. The van der Waals surface area contributed by atoms with Gasteiger partial charge in [-0.25, -0.2) is 4.98 Å². The van der Waals surface area contributed by atoms with Crippen LogP contribution in [0.1, 0.15) is 11.4 Å². The minimum Gasteiger partial charge on any atom is -0.378 e. The summed E-state index contributed by atoms with van der Waals surface area (Å²) in [5, 5.41) is 4.35. The number of anilines is 1. The van der Waals surface area contributed by atoms with Crippen LogP contribution < -0.4 is 5.32 Å². The Morgan fingerprint density at radius 1 is 1.50 bits per heavy atom. The summed E-state index contributed by atoms with van der Waals surface area (Å²) < 4.78 is 2.16. The number of imidazole rings is 1.